The molecule has 5 nitrogen and oxygen atoms in total. The van der Waals surface area contributed by atoms with Crippen molar-refractivity contribution >= 4 is 5.97 Å². The Morgan fingerprint density at radius 3 is 2.37 bits per heavy atom. The molecule has 1 rings (SSSR count). The summed E-state index contributed by atoms with van der Waals surface area (Å²) in [6, 6.07) is 0. The van der Waals surface area contributed by atoms with Crippen molar-refractivity contribution in [3.05, 3.63) is 0 Å². The normalized spacial score (nSPS) is 28.2. The second-order valence-corrected chi connectivity index (χ2v) is 6.01. The number of carbonyl (C=O) groups is 1. The first-order valence-corrected chi connectivity index (χ1v) is 6.71. The third-order valence-corrected chi connectivity index (χ3v) is 3.57. The van der Waals surface area contributed by atoms with E-state index in [9.17, 15) is 4.79 Å². The van der Waals surface area contributed by atoms with Crippen LogP contribution in [0.3, 0.4) is 0 Å². The highest BCUT2D eigenvalue weighted by molar-refractivity contribution is 5.65. The van der Waals surface area contributed by atoms with E-state index in [0.717, 1.165) is 6.42 Å². The van der Waals surface area contributed by atoms with Gasteiger partial charge >= 0.3 is 5.97 Å². The van der Waals surface area contributed by atoms with E-state index in [1.54, 1.807) is 7.11 Å². The molecule has 0 bridgehead atoms. The fourth-order valence-electron chi connectivity index (χ4n) is 2.13. The smallest absolute Gasteiger partial charge is 0.302 e. The average Bonchev–Trinajstić information content (AvgIpc) is 2.37. The van der Waals surface area contributed by atoms with Crippen molar-refractivity contribution in [2.24, 2.45) is 10.8 Å². The van der Waals surface area contributed by atoms with E-state index in [4.69, 9.17) is 18.9 Å². The number of methoxy groups -OCH3 is 1. The molecule has 1 saturated heterocycles. The first kappa shape index (κ1) is 16.4. The molecule has 1 aliphatic heterocycles. The number of esters is 1. The van der Waals surface area contributed by atoms with Crippen LogP contribution in [0.2, 0.25) is 0 Å². The summed E-state index contributed by atoms with van der Waals surface area (Å²) in [5, 5.41) is 0. The molecule has 0 spiro atoms. The van der Waals surface area contributed by atoms with Gasteiger partial charge in [-0.05, 0) is 6.42 Å². The largest absolute Gasteiger partial charge is 0.465 e. The van der Waals surface area contributed by atoms with Gasteiger partial charge in [-0.15, -0.1) is 0 Å². The third-order valence-electron chi connectivity index (χ3n) is 3.57. The van der Waals surface area contributed by atoms with Crippen LogP contribution in [-0.2, 0) is 23.7 Å². The SMILES string of the molecule is CCC1(COC(C)=O)COC(C(C)(C)COC)OC1. The molecule has 0 radical (unpaired) electrons. The summed E-state index contributed by atoms with van der Waals surface area (Å²) in [5.74, 6) is -0.269. The first-order chi connectivity index (χ1) is 8.85. The van der Waals surface area contributed by atoms with E-state index < -0.39 is 0 Å². The van der Waals surface area contributed by atoms with Crippen molar-refractivity contribution < 1.29 is 23.7 Å². The molecule has 0 aliphatic carbocycles. The van der Waals surface area contributed by atoms with Crippen LogP contribution in [0.4, 0.5) is 0 Å². The fraction of sp³-hybridized carbons (Fsp3) is 0.929. The Balaban J connectivity index is 2.56. The average molecular weight is 274 g/mol. The predicted molar refractivity (Wildman–Crippen MR) is 70.7 cm³/mol. The number of carbonyl (C=O) groups excluding carboxylic acids is 1. The quantitative estimate of drug-likeness (QED) is 0.693. The van der Waals surface area contributed by atoms with Crippen molar-refractivity contribution in [3.63, 3.8) is 0 Å². The first-order valence-electron chi connectivity index (χ1n) is 6.71. The Morgan fingerprint density at radius 2 is 1.95 bits per heavy atom. The topological polar surface area (TPSA) is 54.0 Å². The third kappa shape index (κ3) is 4.44. The number of hydrogen-bond donors (Lipinski definition) is 0. The summed E-state index contributed by atoms with van der Waals surface area (Å²) >= 11 is 0. The molecule has 1 fully saturated rings. The zero-order valence-corrected chi connectivity index (χ0v) is 12.7. The van der Waals surface area contributed by atoms with Crippen LogP contribution in [0.5, 0.6) is 0 Å². The van der Waals surface area contributed by atoms with E-state index in [-0.39, 0.29) is 23.1 Å². The maximum Gasteiger partial charge on any atom is 0.302 e. The van der Waals surface area contributed by atoms with Crippen LogP contribution < -0.4 is 0 Å². The van der Waals surface area contributed by atoms with Crippen LogP contribution >= 0.6 is 0 Å². The summed E-state index contributed by atoms with van der Waals surface area (Å²) in [6.07, 6.45) is 0.557. The van der Waals surface area contributed by atoms with Gasteiger partial charge in [-0.1, -0.05) is 20.8 Å². The summed E-state index contributed by atoms with van der Waals surface area (Å²) in [7, 11) is 1.67. The van der Waals surface area contributed by atoms with Gasteiger partial charge in [0.25, 0.3) is 0 Å². The molecule has 0 atom stereocenters. The van der Waals surface area contributed by atoms with Crippen LogP contribution in [0.1, 0.15) is 34.1 Å². The lowest BCUT2D eigenvalue weighted by Crippen LogP contribution is -2.50. The van der Waals surface area contributed by atoms with Crippen LogP contribution in [0.25, 0.3) is 0 Å². The molecule has 0 N–H and O–H groups in total. The maximum atomic E-state index is 10.9. The second kappa shape index (κ2) is 6.68. The standard InChI is InChI=1S/C14H26O5/c1-6-14(8-17-11(2)15)9-18-12(19-10-14)13(3,4)7-16-5/h12H,6-10H2,1-5H3. The molecule has 0 aromatic heterocycles. The van der Waals surface area contributed by atoms with Crippen molar-refractivity contribution in [3.8, 4) is 0 Å². The molecule has 0 unspecified atom stereocenters. The minimum Gasteiger partial charge on any atom is -0.465 e. The van der Waals surface area contributed by atoms with Gasteiger partial charge in [-0.2, -0.15) is 0 Å². The van der Waals surface area contributed by atoms with Gasteiger partial charge in [0, 0.05) is 19.4 Å². The number of hydrogen-bond acceptors (Lipinski definition) is 5. The molecule has 0 amide bonds. The van der Waals surface area contributed by atoms with Gasteiger partial charge < -0.3 is 18.9 Å². The monoisotopic (exact) mass is 274 g/mol. The molecule has 19 heavy (non-hydrogen) atoms. The highest BCUT2D eigenvalue weighted by Crippen LogP contribution is 2.35. The van der Waals surface area contributed by atoms with E-state index >= 15 is 0 Å². The molecular formula is C14H26O5. The van der Waals surface area contributed by atoms with Crippen LogP contribution in [0.15, 0.2) is 0 Å². The molecule has 0 aromatic carbocycles. The summed E-state index contributed by atoms with van der Waals surface area (Å²) in [5.41, 5.74) is -0.429. The van der Waals surface area contributed by atoms with E-state index in [1.165, 1.54) is 6.92 Å². The Morgan fingerprint density at radius 1 is 1.37 bits per heavy atom. The van der Waals surface area contributed by atoms with Gasteiger partial charge in [0.15, 0.2) is 6.29 Å². The van der Waals surface area contributed by atoms with Crippen molar-refractivity contribution in [1.29, 1.82) is 0 Å². The molecule has 5 heteroatoms. The Labute approximate surface area is 115 Å². The maximum absolute atomic E-state index is 10.9. The van der Waals surface area contributed by atoms with Gasteiger partial charge in [0.1, 0.15) is 6.61 Å². The molecule has 0 saturated carbocycles. The zero-order valence-electron chi connectivity index (χ0n) is 12.7. The van der Waals surface area contributed by atoms with Crippen molar-refractivity contribution in [2.45, 2.75) is 40.4 Å². The molecule has 1 aliphatic rings. The van der Waals surface area contributed by atoms with Gasteiger partial charge in [-0.3, -0.25) is 4.79 Å². The summed E-state index contributed by atoms with van der Waals surface area (Å²) in [4.78, 5) is 10.9. The molecule has 112 valence electrons. The van der Waals surface area contributed by atoms with E-state index in [1.807, 2.05) is 13.8 Å². The molecular weight excluding hydrogens is 248 g/mol. The van der Waals surface area contributed by atoms with Gasteiger partial charge in [0.2, 0.25) is 0 Å². The minimum atomic E-state index is -0.288. The highest BCUT2D eigenvalue weighted by Gasteiger charge is 2.42. The fourth-order valence-corrected chi connectivity index (χ4v) is 2.13. The molecule has 0 aromatic rings. The molecule has 1 heterocycles. The lowest BCUT2D eigenvalue weighted by atomic mass is 9.85. The Kier molecular flexibility index (Phi) is 5.77. The summed E-state index contributed by atoms with van der Waals surface area (Å²) < 4.78 is 22.0. The Bertz CT molecular complexity index is 292. The van der Waals surface area contributed by atoms with Crippen LogP contribution in [0, 0.1) is 10.8 Å². The van der Waals surface area contributed by atoms with E-state index in [0.29, 0.717) is 26.4 Å². The summed E-state index contributed by atoms with van der Waals surface area (Å²) in [6.45, 7) is 9.55. The Hall–Kier alpha value is -0.650. The number of ether oxygens (including phenoxy) is 4. The zero-order chi connectivity index (χ0) is 14.5. The second-order valence-electron chi connectivity index (χ2n) is 6.01. The lowest BCUT2D eigenvalue weighted by Gasteiger charge is -2.43. The van der Waals surface area contributed by atoms with Gasteiger partial charge in [-0.25, -0.2) is 0 Å². The van der Waals surface area contributed by atoms with E-state index in [2.05, 4.69) is 6.92 Å². The number of rotatable bonds is 6. The predicted octanol–water partition coefficient (Wildman–Crippen LogP) is 1.99. The van der Waals surface area contributed by atoms with Crippen molar-refractivity contribution in [2.75, 3.05) is 33.5 Å². The highest BCUT2D eigenvalue weighted by atomic mass is 16.7. The van der Waals surface area contributed by atoms with Crippen LogP contribution in [-0.4, -0.2) is 45.8 Å². The minimum absolute atomic E-state index is 0.198. The van der Waals surface area contributed by atoms with Gasteiger partial charge in [0.05, 0.1) is 25.2 Å². The lowest BCUT2D eigenvalue weighted by molar-refractivity contribution is -0.280. The van der Waals surface area contributed by atoms with Crippen molar-refractivity contribution in [1.82, 2.24) is 0 Å².